The molecule has 0 aliphatic rings. The van der Waals surface area contributed by atoms with Crippen molar-refractivity contribution >= 4 is 23.3 Å². The number of anilines is 1. The van der Waals surface area contributed by atoms with Gasteiger partial charge in [-0.05, 0) is 31.7 Å². The van der Waals surface area contributed by atoms with Gasteiger partial charge < -0.3 is 5.32 Å². The average molecular weight is 307 g/mol. The molecule has 0 fully saturated rings. The zero-order chi connectivity index (χ0) is 15.4. The first-order valence-corrected chi connectivity index (χ1v) is 7.05. The highest BCUT2D eigenvalue weighted by molar-refractivity contribution is 6.30. The molecule has 1 N–H and O–H groups in total. The van der Waals surface area contributed by atoms with E-state index in [1.165, 1.54) is 0 Å². The van der Waals surface area contributed by atoms with Crippen molar-refractivity contribution < 1.29 is 4.79 Å². The van der Waals surface area contributed by atoms with Gasteiger partial charge >= 0.3 is 0 Å². The summed E-state index contributed by atoms with van der Waals surface area (Å²) >= 11 is 5.85. The molecule has 0 aliphatic carbocycles. The Morgan fingerprint density at radius 1 is 1.38 bits per heavy atom. The highest BCUT2D eigenvalue weighted by Crippen LogP contribution is 2.11. The monoisotopic (exact) mass is 306 g/mol. The third-order valence-corrected chi connectivity index (χ3v) is 3.30. The summed E-state index contributed by atoms with van der Waals surface area (Å²) in [5.41, 5.74) is 1.99. The van der Waals surface area contributed by atoms with Gasteiger partial charge in [0.25, 0.3) is 0 Å². The van der Waals surface area contributed by atoms with Crippen molar-refractivity contribution in [3.05, 3.63) is 46.6 Å². The zero-order valence-electron chi connectivity index (χ0n) is 12.4. The van der Waals surface area contributed by atoms with Crippen LogP contribution in [0, 0.1) is 6.92 Å². The first-order chi connectivity index (χ1) is 9.94. The number of hydrogen-bond acceptors (Lipinski definition) is 3. The molecule has 5 nitrogen and oxygen atoms in total. The van der Waals surface area contributed by atoms with Crippen LogP contribution in [-0.4, -0.2) is 34.2 Å². The van der Waals surface area contributed by atoms with E-state index in [1.54, 1.807) is 11.7 Å². The quantitative estimate of drug-likeness (QED) is 0.923. The topological polar surface area (TPSA) is 50.2 Å². The van der Waals surface area contributed by atoms with E-state index in [0.29, 0.717) is 23.9 Å². The molecular formula is C15H19ClN4O. The lowest BCUT2D eigenvalue weighted by Gasteiger charge is -2.16. The number of nitrogens with one attached hydrogen (secondary N) is 1. The average Bonchev–Trinajstić information content (AvgIpc) is 2.70. The first kappa shape index (κ1) is 15.5. The molecule has 1 aromatic carbocycles. The Kier molecular flexibility index (Phi) is 4.98. The van der Waals surface area contributed by atoms with Gasteiger partial charge in [0, 0.05) is 24.7 Å². The molecule has 1 heterocycles. The third-order valence-electron chi connectivity index (χ3n) is 3.05. The van der Waals surface area contributed by atoms with E-state index >= 15 is 0 Å². The summed E-state index contributed by atoms with van der Waals surface area (Å²) < 4.78 is 1.66. The molecule has 0 aliphatic heterocycles. The number of likely N-dealkylation sites (N-methyl/N-ethyl adjacent to an activating group) is 1. The Bertz CT molecular complexity index is 621. The molecule has 2 aromatic rings. The number of aromatic nitrogens is 2. The van der Waals surface area contributed by atoms with Gasteiger partial charge in [-0.2, -0.15) is 5.10 Å². The van der Waals surface area contributed by atoms with Gasteiger partial charge in [-0.25, -0.2) is 0 Å². The van der Waals surface area contributed by atoms with Crippen molar-refractivity contribution in [2.45, 2.75) is 13.5 Å². The fourth-order valence-electron chi connectivity index (χ4n) is 2.11. The van der Waals surface area contributed by atoms with Gasteiger partial charge in [-0.3, -0.25) is 14.4 Å². The summed E-state index contributed by atoms with van der Waals surface area (Å²) in [6, 6.07) is 9.46. The number of aryl methyl sites for hydroxylation is 2. The summed E-state index contributed by atoms with van der Waals surface area (Å²) in [6.45, 7) is 2.89. The van der Waals surface area contributed by atoms with Crippen LogP contribution < -0.4 is 5.32 Å². The lowest BCUT2D eigenvalue weighted by molar-refractivity contribution is -0.117. The lowest BCUT2D eigenvalue weighted by Crippen LogP contribution is -2.30. The molecule has 0 spiro atoms. The Morgan fingerprint density at radius 3 is 2.62 bits per heavy atom. The largest absolute Gasteiger partial charge is 0.310 e. The third kappa shape index (κ3) is 4.58. The summed E-state index contributed by atoms with van der Waals surface area (Å²) in [7, 11) is 3.71. The number of rotatable bonds is 5. The number of halogens is 1. The number of benzene rings is 1. The predicted molar refractivity (Wildman–Crippen MR) is 84.4 cm³/mol. The maximum atomic E-state index is 12.0. The van der Waals surface area contributed by atoms with Crippen molar-refractivity contribution in [1.29, 1.82) is 0 Å². The van der Waals surface area contributed by atoms with Crippen LogP contribution in [-0.2, 0) is 18.4 Å². The van der Waals surface area contributed by atoms with E-state index in [1.807, 2.05) is 49.2 Å². The van der Waals surface area contributed by atoms with Crippen LogP contribution in [0.1, 0.15) is 11.3 Å². The van der Waals surface area contributed by atoms with Crippen molar-refractivity contribution in [3.63, 3.8) is 0 Å². The molecule has 0 atom stereocenters. The minimum absolute atomic E-state index is 0.0607. The Balaban J connectivity index is 1.87. The SMILES string of the molecule is Cc1cc(NC(=O)CN(C)Cc2ccc(Cl)cc2)n(C)n1. The Hall–Kier alpha value is -1.85. The molecule has 21 heavy (non-hydrogen) atoms. The van der Waals surface area contributed by atoms with E-state index in [0.717, 1.165) is 11.3 Å². The highest BCUT2D eigenvalue weighted by atomic mass is 35.5. The van der Waals surface area contributed by atoms with Gasteiger partial charge in [0.15, 0.2) is 0 Å². The fraction of sp³-hybridized carbons (Fsp3) is 0.333. The summed E-state index contributed by atoms with van der Waals surface area (Å²) in [5, 5.41) is 7.76. The lowest BCUT2D eigenvalue weighted by atomic mass is 10.2. The number of carbonyl (C=O) groups is 1. The van der Waals surface area contributed by atoms with E-state index in [2.05, 4.69) is 10.4 Å². The molecule has 2 rings (SSSR count). The van der Waals surface area contributed by atoms with Gasteiger partial charge in [-0.1, -0.05) is 23.7 Å². The van der Waals surface area contributed by atoms with Crippen LogP contribution >= 0.6 is 11.6 Å². The van der Waals surface area contributed by atoms with Crippen LogP contribution in [0.5, 0.6) is 0 Å². The second-order valence-electron chi connectivity index (χ2n) is 5.14. The fourth-order valence-corrected chi connectivity index (χ4v) is 2.24. The molecular weight excluding hydrogens is 288 g/mol. The number of carbonyl (C=O) groups excluding carboxylic acids is 1. The standard InChI is InChI=1S/C15H19ClN4O/c1-11-8-14(20(3)18-11)17-15(21)10-19(2)9-12-4-6-13(16)7-5-12/h4-8H,9-10H2,1-3H3,(H,17,21). The molecule has 6 heteroatoms. The van der Waals surface area contributed by atoms with Crippen molar-refractivity contribution in [2.24, 2.45) is 7.05 Å². The molecule has 0 bridgehead atoms. The number of amides is 1. The second-order valence-corrected chi connectivity index (χ2v) is 5.58. The molecule has 0 unspecified atom stereocenters. The number of nitrogens with zero attached hydrogens (tertiary/aromatic N) is 3. The van der Waals surface area contributed by atoms with E-state index < -0.39 is 0 Å². The Labute approximate surface area is 129 Å². The molecule has 0 saturated carbocycles. The van der Waals surface area contributed by atoms with E-state index in [4.69, 9.17) is 11.6 Å². The summed E-state index contributed by atoms with van der Waals surface area (Å²) in [4.78, 5) is 14.0. The maximum Gasteiger partial charge on any atom is 0.239 e. The van der Waals surface area contributed by atoms with Crippen LogP contribution in [0.15, 0.2) is 30.3 Å². The molecule has 112 valence electrons. The van der Waals surface area contributed by atoms with Crippen LogP contribution in [0.3, 0.4) is 0 Å². The zero-order valence-corrected chi connectivity index (χ0v) is 13.2. The Morgan fingerprint density at radius 2 is 2.05 bits per heavy atom. The molecule has 1 amide bonds. The van der Waals surface area contributed by atoms with Crippen LogP contribution in [0.2, 0.25) is 5.02 Å². The number of hydrogen-bond donors (Lipinski definition) is 1. The summed E-state index contributed by atoms with van der Waals surface area (Å²) in [5.74, 6) is 0.645. The molecule has 1 aromatic heterocycles. The van der Waals surface area contributed by atoms with Gasteiger partial charge in [0.05, 0.1) is 12.2 Å². The maximum absolute atomic E-state index is 12.0. The first-order valence-electron chi connectivity index (χ1n) is 6.67. The van der Waals surface area contributed by atoms with Crippen LogP contribution in [0.4, 0.5) is 5.82 Å². The van der Waals surface area contributed by atoms with Gasteiger partial charge in [0.1, 0.15) is 5.82 Å². The second kappa shape index (κ2) is 6.74. The van der Waals surface area contributed by atoms with Gasteiger partial charge in [-0.15, -0.1) is 0 Å². The normalized spacial score (nSPS) is 10.9. The minimum Gasteiger partial charge on any atom is -0.310 e. The van der Waals surface area contributed by atoms with Crippen LogP contribution in [0.25, 0.3) is 0 Å². The summed E-state index contributed by atoms with van der Waals surface area (Å²) in [6.07, 6.45) is 0. The highest BCUT2D eigenvalue weighted by Gasteiger charge is 2.10. The van der Waals surface area contributed by atoms with Crippen molar-refractivity contribution in [1.82, 2.24) is 14.7 Å². The van der Waals surface area contributed by atoms with E-state index in [-0.39, 0.29) is 5.91 Å². The van der Waals surface area contributed by atoms with E-state index in [9.17, 15) is 4.79 Å². The minimum atomic E-state index is -0.0607. The van der Waals surface area contributed by atoms with Crippen molar-refractivity contribution in [2.75, 3.05) is 18.9 Å². The molecule has 0 radical (unpaired) electrons. The smallest absolute Gasteiger partial charge is 0.239 e. The molecule has 0 saturated heterocycles. The predicted octanol–water partition coefficient (Wildman–Crippen LogP) is 2.45. The van der Waals surface area contributed by atoms with Crippen molar-refractivity contribution in [3.8, 4) is 0 Å². The van der Waals surface area contributed by atoms with Gasteiger partial charge in [0.2, 0.25) is 5.91 Å².